The Labute approximate surface area is 87.7 Å². The van der Waals surface area contributed by atoms with Crippen molar-refractivity contribution in [2.24, 2.45) is 5.73 Å². The number of nitrogens with two attached hydrogens (primary N) is 1. The van der Waals surface area contributed by atoms with Gasteiger partial charge in [-0.3, -0.25) is 4.79 Å². The number of benzene rings is 1. The van der Waals surface area contributed by atoms with Crippen LogP contribution in [0.1, 0.15) is 10.4 Å². The molecule has 2 amide bonds. The number of ketones is 1. The summed E-state index contributed by atoms with van der Waals surface area (Å²) in [4.78, 5) is 22.1. The molecule has 0 radical (unpaired) electrons. The number of carbonyl (C=O) groups excluding carboxylic acids is 2. The molecular formula is C10H13N3O2. The van der Waals surface area contributed by atoms with Gasteiger partial charge < -0.3 is 16.4 Å². The van der Waals surface area contributed by atoms with Crippen molar-refractivity contribution in [2.45, 2.75) is 0 Å². The smallest absolute Gasteiger partial charge is 0.316 e. The van der Waals surface area contributed by atoms with Gasteiger partial charge in [-0.2, -0.15) is 0 Å². The van der Waals surface area contributed by atoms with Gasteiger partial charge in [0.1, 0.15) is 0 Å². The minimum Gasteiger partial charge on any atom is -0.351 e. The summed E-state index contributed by atoms with van der Waals surface area (Å²) in [7, 11) is 1.70. The number of amides is 2. The highest BCUT2D eigenvalue weighted by Gasteiger charge is 2.05. The highest BCUT2D eigenvalue weighted by Crippen LogP contribution is 2.10. The largest absolute Gasteiger partial charge is 0.351 e. The maximum atomic E-state index is 11.5. The molecule has 0 spiro atoms. The molecule has 0 heterocycles. The average molecular weight is 207 g/mol. The number of hydrogen-bond acceptors (Lipinski definition) is 3. The van der Waals surface area contributed by atoms with Crippen molar-refractivity contribution in [2.75, 3.05) is 18.9 Å². The van der Waals surface area contributed by atoms with E-state index in [0.717, 1.165) is 0 Å². The number of hydrogen-bond donors (Lipinski definition) is 3. The van der Waals surface area contributed by atoms with Crippen molar-refractivity contribution in [3.63, 3.8) is 0 Å². The Bertz CT molecular complexity index is 377. The molecular weight excluding hydrogens is 194 g/mol. The summed E-state index contributed by atoms with van der Waals surface area (Å²) < 4.78 is 0. The number of likely N-dealkylation sites (N-methyl/N-ethyl adjacent to an activating group) is 1. The maximum Gasteiger partial charge on any atom is 0.316 e. The first kappa shape index (κ1) is 11.2. The van der Waals surface area contributed by atoms with Crippen molar-refractivity contribution in [3.8, 4) is 0 Å². The van der Waals surface area contributed by atoms with Crippen LogP contribution in [0, 0.1) is 0 Å². The van der Waals surface area contributed by atoms with Gasteiger partial charge in [0.2, 0.25) is 0 Å². The molecule has 5 nitrogen and oxygen atoms in total. The number of rotatable bonds is 4. The molecule has 0 aromatic heterocycles. The van der Waals surface area contributed by atoms with Crippen molar-refractivity contribution in [3.05, 3.63) is 29.8 Å². The summed E-state index contributed by atoms with van der Waals surface area (Å²) in [6.07, 6.45) is 0. The lowest BCUT2D eigenvalue weighted by Crippen LogP contribution is -2.21. The molecule has 0 aliphatic heterocycles. The first-order valence-electron chi connectivity index (χ1n) is 4.48. The molecule has 1 aromatic rings. The van der Waals surface area contributed by atoms with Crippen LogP contribution >= 0.6 is 0 Å². The molecule has 0 aliphatic carbocycles. The fraction of sp³-hybridized carbons (Fsp3) is 0.200. The third-order valence-corrected chi connectivity index (χ3v) is 1.79. The summed E-state index contributed by atoms with van der Waals surface area (Å²) in [5, 5.41) is 5.17. The first-order valence-corrected chi connectivity index (χ1v) is 4.48. The molecule has 15 heavy (non-hydrogen) atoms. The summed E-state index contributed by atoms with van der Waals surface area (Å²) in [6, 6.07) is 5.99. The van der Waals surface area contributed by atoms with Gasteiger partial charge in [0.25, 0.3) is 0 Å². The zero-order valence-electron chi connectivity index (χ0n) is 8.41. The van der Waals surface area contributed by atoms with Gasteiger partial charge in [0.15, 0.2) is 5.78 Å². The number of Topliss-reactive ketones (excluding diaryl/α,β-unsaturated/α-hetero) is 1. The molecule has 0 bridgehead atoms. The predicted octanol–water partition coefficient (Wildman–Crippen LogP) is 0.579. The van der Waals surface area contributed by atoms with Crippen LogP contribution in [0.3, 0.4) is 0 Å². The van der Waals surface area contributed by atoms with E-state index in [-0.39, 0.29) is 12.3 Å². The summed E-state index contributed by atoms with van der Waals surface area (Å²) in [5.41, 5.74) is 6.02. The average Bonchev–Trinajstić information content (AvgIpc) is 2.17. The number of anilines is 1. The van der Waals surface area contributed by atoms with Crippen LogP contribution in [0.5, 0.6) is 0 Å². The second kappa shape index (κ2) is 5.11. The lowest BCUT2D eigenvalue weighted by molar-refractivity contribution is 0.0993. The summed E-state index contributed by atoms with van der Waals surface area (Å²) in [6.45, 7) is 0.264. The van der Waals surface area contributed by atoms with Crippen LogP contribution in [0.25, 0.3) is 0 Å². The summed E-state index contributed by atoms with van der Waals surface area (Å²) >= 11 is 0. The van der Waals surface area contributed by atoms with Crippen LogP contribution in [0.2, 0.25) is 0 Å². The molecule has 4 N–H and O–H groups in total. The SMILES string of the molecule is CNCC(=O)c1cccc(NC(N)=O)c1. The minimum absolute atomic E-state index is 0.0365. The van der Waals surface area contributed by atoms with Crippen molar-refractivity contribution < 1.29 is 9.59 Å². The number of primary amides is 1. The predicted molar refractivity (Wildman–Crippen MR) is 57.9 cm³/mol. The van der Waals surface area contributed by atoms with E-state index < -0.39 is 6.03 Å². The highest BCUT2D eigenvalue weighted by molar-refractivity contribution is 5.99. The van der Waals surface area contributed by atoms with Crippen molar-refractivity contribution >= 4 is 17.5 Å². The Morgan fingerprint density at radius 3 is 2.73 bits per heavy atom. The third-order valence-electron chi connectivity index (χ3n) is 1.79. The topological polar surface area (TPSA) is 84.2 Å². The molecule has 1 rings (SSSR count). The van der Waals surface area contributed by atoms with Crippen LogP contribution in [0.4, 0.5) is 10.5 Å². The number of carbonyl (C=O) groups is 2. The standard InChI is InChI=1S/C10H13N3O2/c1-12-6-9(14)7-3-2-4-8(5-7)13-10(11)15/h2-5,12H,6H2,1H3,(H3,11,13,15). The molecule has 0 aliphatic rings. The molecule has 5 heteroatoms. The van der Waals surface area contributed by atoms with E-state index in [9.17, 15) is 9.59 Å². The number of urea groups is 1. The molecule has 1 aromatic carbocycles. The fourth-order valence-corrected chi connectivity index (χ4v) is 1.18. The minimum atomic E-state index is -0.645. The molecule has 0 saturated carbocycles. The Balaban J connectivity index is 2.82. The first-order chi connectivity index (χ1) is 7.13. The molecule has 0 unspecified atom stereocenters. The Kier molecular flexibility index (Phi) is 3.82. The van der Waals surface area contributed by atoms with E-state index in [0.29, 0.717) is 11.3 Å². The maximum absolute atomic E-state index is 11.5. The normalized spacial score (nSPS) is 9.67. The zero-order chi connectivity index (χ0) is 11.3. The van der Waals surface area contributed by atoms with Crippen LogP contribution in [-0.4, -0.2) is 25.4 Å². The van der Waals surface area contributed by atoms with Gasteiger partial charge >= 0.3 is 6.03 Å². The van der Waals surface area contributed by atoms with E-state index >= 15 is 0 Å². The van der Waals surface area contributed by atoms with E-state index in [1.54, 1.807) is 31.3 Å². The second-order valence-electron chi connectivity index (χ2n) is 3.02. The Morgan fingerprint density at radius 2 is 2.13 bits per heavy atom. The third kappa shape index (κ3) is 3.40. The van der Waals surface area contributed by atoms with Crippen LogP contribution < -0.4 is 16.4 Å². The fourth-order valence-electron chi connectivity index (χ4n) is 1.18. The Morgan fingerprint density at radius 1 is 1.40 bits per heavy atom. The molecule has 80 valence electrons. The monoisotopic (exact) mass is 207 g/mol. The van der Waals surface area contributed by atoms with Crippen molar-refractivity contribution in [1.29, 1.82) is 0 Å². The van der Waals surface area contributed by atoms with Crippen LogP contribution in [0.15, 0.2) is 24.3 Å². The molecule has 0 saturated heterocycles. The quantitative estimate of drug-likeness (QED) is 0.631. The molecule has 0 atom stereocenters. The second-order valence-corrected chi connectivity index (χ2v) is 3.02. The van der Waals surface area contributed by atoms with Gasteiger partial charge in [-0.1, -0.05) is 12.1 Å². The Hall–Kier alpha value is -1.88. The van der Waals surface area contributed by atoms with E-state index in [1.807, 2.05) is 0 Å². The lowest BCUT2D eigenvalue weighted by Gasteiger charge is -2.04. The molecule has 0 fully saturated rings. The van der Waals surface area contributed by atoms with Gasteiger partial charge in [-0.15, -0.1) is 0 Å². The van der Waals surface area contributed by atoms with Crippen molar-refractivity contribution in [1.82, 2.24) is 5.32 Å². The van der Waals surface area contributed by atoms with E-state index in [2.05, 4.69) is 10.6 Å². The van der Waals surface area contributed by atoms with Crippen LogP contribution in [-0.2, 0) is 0 Å². The van der Waals surface area contributed by atoms with Gasteiger partial charge in [-0.05, 0) is 19.2 Å². The summed E-state index contributed by atoms with van der Waals surface area (Å²) in [5.74, 6) is -0.0365. The highest BCUT2D eigenvalue weighted by atomic mass is 16.2. The van der Waals surface area contributed by atoms with Gasteiger partial charge in [0.05, 0.1) is 6.54 Å². The van der Waals surface area contributed by atoms with E-state index in [1.165, 1.54) is 0 Å². The number of nitrogens with one attached hydrogen (secondary N) is 2. The van der Waals surface area contributed by atoms with E-state index in [4.69, 9.17) is 5.73 Å². The van der Waals surface area contributed by atoms with Gasteiger partial charge in [0, 0.05) is 11.3 Å². The zero-order valence-corrected chi connectivity index (χ0v) is 8.41. The van der Waals surface area contributed by atoms with Gasteiger partial charge in [-0.25, -0.2) is 4.79 Å². The lowest BCUT2D eigenvalue weighted by atomic mass is 10.1.